The molecule has 5 heteroatoms. The Bertz CT molecular complexity index is 151. The first-order chi connectivity index (χ1) is 6.15. The van der Waals surface area contributed by atoms with E-state index < -0.39 is 6.10 Å². The molecule has 0 aliphatic heterocycles. The summed E-state index contributed by atoms with van der Waals surface area (Å²) >= 11 is 0. The smallest absolute Gasteiger partial charge is 0.249 e. The summed E-state index contributed by atoms with van der Waals surface area (Å²) in [6.07, 6.45) is -0.508. The summed E-state index contributed by atoms with van der Waals surface area (Å²) in [5, 5.41) is 11.4. The lowest BCUT2D eigenvalue weighted by molar-refractivity contribution is -0.131. The molecule has 0 spiro atoms. The van der Waals surface area contributed by atoms with E-state index >= 15 is 0 Å². The van der Waals surface area contributed by atoms with E-state index in [-0.39, 0.29) is 18.6 Å². The molecule has 0 aromatic heterocycles. The van der Waals surface area contributed by atoms with Crippen molar-refractivity contribution in [3.05, 3.63) is 0 Å². The first-order valence-electron chi connectivity index (χ1n) is 4.08. The third-order valence-electron chi connectivity index (χ3n) is 1.66. The highest BCUT2D eigenvalue weighted by Gasteiger charge is 2.15. The van der Waals surface area contributed by atoms with Crippen molar-refractivity contribution in [1.29, 1.82) is 0 Å². The van der Waals surface area contributed by atoms with E-state index in [1.807, 2.05) is 0 Å². The van der Waals surface area contributed by atoms with Crippen LogP contribution in [0.3, 0.4) is 0 Å². The van der Waals surface area contributed by atoms with Gasteiger partial charge in [0.1, 0.15) is 6.10 Å². The molecule has 0 rings (SSSR count). The third-order valence-corrected chi connectivity index (χ3v) is 1.66. The molecule has 2 atom stereocenters. The van der Waals surface area contributed by atoms with E-state index in [0.717, 1.165) is 0 Å². The molecule has 0 saturated carbocycles. The minimum Gasteiger partial charge on any atom is -0.394 e. The van der Waals surface area contributed by atoms with Crippen molar-refractivity contribution in [2.24, 2.45) is 0 Å². The zero-order valence-corrected chi connectivity index (χ0v) is 8.24. The summed E-state index contributed by atoms with van der Waals surface area (Å²) in [4.78, 5) is 11.2. The van der Waals surface area contributed by atoms with Crippen LogP contribution in [-0.4, -0.2) is 50.6 Å². The SMILES string of the molecule is COCC(CO)NC(=O)C(C)OC. The van der Waals surface area contributed by atoms with Crippen LogP contribution in [0.2, 0.25) is 0 Å². The average molecular weight is 191 g/mol. The molecule has 0 bridgehead atoms. The summed E-state index contributed by atoms with van der Waals surface area (Å²) in [5.74, 6) is -0.251. The number of rotatable bonds is 6. The molecule has 0 fully saturated rings. The summed E-state index contributed by atoms with van der Waals surface area (Å²) in [6.45, 7) is 1.78. The highest BCUT2D eigenvalue weighted by Crippen LogP contribution is 1.90. The first-order valence-corrected chi connectivity index (χ1v) is 4.08. The van der Waals surface area contributed by atoms with E-state index in [1.165, 1.54) is 14.2 Å². The van der Waals surface area contributed by atoms with E-state index in [1.54, 1.807) is 6.92 Å². The number of nitrogens with one attached hydrogen (secondary N) is 1. The zero-order valence-electron chi connectivity index (χ0n) is 8.24. The molecule has 5 nitrogen and oxygen atoms in total. The second kappa shape index (κ2) is 6.82. The Kier molecular flexibility index (Phi) is 6.48. The lowest BCUT2D eigenvalue weighted by Gasteiger charge is -2.17. The Morgan fingerprint density at radius 3 is 2.54 bits per heavy atom. The Hall–Kier alpha value is -0.650. The molecule has 0 aromatic carbocycles. The number of aliphatic hydroxyl groups excluding tert-OH is 1. The lowest BCUT2D eigenvalue weighted by Crippen LogP contribution is -2.45. The molecule has 2 N–H and O–H groups in total. The second-order valence-corrected chi connectivity index (χ2v) is 2.72. The molecule has 0 saturated heterocycles. The quantitative estimate of drug-likeness (QED) is 0.573. The Morgan fingerprint density at radius 2 is 2.15 bits per heavy atom. The molecular weight excluding hydrogens is 174 g/mol. The maximum atomic E-state index is 11.2. The van der Waals surface area contributed by atoms with Crippen LogP contribution >= 0.6 is 0 Å². The van der Waals surface area contributed by atoms with Gasteiger partial charge in [0.25, 0.3) is 0 Å². The van der Waals surface area contributed by atoms with Crippen LogP contribution in [0, 0.1) is 0 Å². The van der Waals surface area contributed by atoms with Crippen molar-refractivity contribution in [2.75, 3.05) is 27.4 Å². The number of carbonyl (C=O) groups is 1. The van der Waals surface area contributed by atoms with Crippen molar-refractivity contribution in [3.8, 4) is 0 Å². The predicted molar refractivity (Wildman–Crippen MR) is 47.4 cm³/mol. The van der Waals surface area contributed by atoms with Gasteiger partial charge in [0.05, 0.1) is 19.3 Å². The number of amides is 1. The van der Waals surface area contributed by atoms with Crippen LogP contribution in [0.15, 0.2) is 0 Å². The van der Waals surface area contributed by atoms with Gasteiger partial charge in [-0.1, -0.05) is 0 Å². The number of ether oxygens (including phenoxy) is 2. The Balaban J connectivity index is 3.85. The Labute approximate surface area is 78.0 Å². The van der Waals surface area contributed by atoms with Gasteiger partial charge < -0.3 is 19.9 Å². The predicted octanol–water partition coefficient (Wildman–Crippen LogP) is -0.855. The molecule has 0 aliphatic rings. The molecule has 0 aliphatic carbocycles. The van der Waals surface area contributed by atoms with Gasteiger partial charge in [0.15, 0.2) is 0 Å². The summed E-state index contributed by atoms with van der Waals surface area (Å²) in [5.41, 5.74) is 0. The summed E-state index contributed by atoms with van der Waals surface area (Å²) in [6, 6.07) is -0.366. The van der Waals surface area contributed by atoms with Crippen LogP contribution in [0.1, 0.15) is 6.92 Å². The van der Waals surface area contributed by atoms with Crippen molar-refractivity contribution in [1.82, 2.24) is 5.32 Å². The van der Waals surface area contributed by atoms with Crippen LogP contribution in [0.4, 0.5) is 0 Å². The summed E-state index contributed by atoms with van der Waals surface area (Å²) in [7, 11) is 2.96. The Morgan fingerprint density at radius 1 is 1.54 bits per heavy atom. The normalized spacial score (nSPS) is 15.1. The van der Waals surface area contributed by atoms with Crippen molar-refractivity contribution in [2.45, 2.75) is 19.1 Å². The minimum atomic E-state index is -0.508. The minimum absolute atomic E-state index is 0.143. The average Bonchev–Trinajstić information content (AvgIpc) is 2.15. The van der Waals surface area contributed by atoms with Gasteiger partial charge in [0, 0.05) is 14.2 Å². The van der Waals surface area contributed by atoms with E-state index in [9.17, 15) is 4.79 Å². The third kappa shape index (κ3) is 4.82. The number of aliphatic hydroxyl groups is 1. The van der Waals surface area contributed by atoms with Gasteiger partial charge in [-0.3, -0.25) is 4.79 Å². The molecule has 0 heterocycles. The molecule has 0 radical (unpaired) electrons. The van der Waals surface area contributed by atoms with Gasteiger partial charge in [-0.2, -0.15) is 0 Å². The van der Waals surface area contributed by atoms with Crippen molar-refractivity contribution >= 4 is 5.91 Å². The van der Waals surface area contributed by atoms with Crippen LogP contribution in [0.25, 0.3) is 0 Å². The molecule has 1 amide bonds. The van der Waals surface area contributed by atoms with Crippen LogP contribution in [-0.2, 0) is 14.3 Å². The molecule has 13 heavy (non-hydrogen) atoms. The van der Waals surface area contributed by atoms with Crippen molar-refractivity contribution in [3.63, 3.8) is 0 Å². The van der Waals surface area contributed by atoms with Gasteiger partial charge in [-0.05, 0) is 6.92 Å². The van der Waals surface area contributed by atoms with Crippen LogP contribution in [0.5, 0.6) is 0 Å². The molecule has 0 aromatic rings. The second-order valence-electron chi connectivity index (χ2n) is 2.72. The van der Waals surface area contributed by atoms with E-state index in [0.29, 0.717) is 6.61 Å². The lowest BCUT2D eigenvalue weighted by atomic mass is 10.3. The fourth-order valence-electron chi connectivity index (χ4n) is 0.767. The van der Waals surface area contributed by atoms with E-state index in [2.05, 4.69) is 5.32 Å². The van der Waals surface area contributed by atoms with Gasteiger partial charge in [-0.25, -0.2) is 0 Å². The fraction of sp³-hybridized carbons (Fsp3) is 0.875. The van der Waals surface area contributed by atoms with Gasteiger partial charge >= 0.3 is 0 Å². The number of hydrogen-bond donors (Lipinski definition) is 2. The largest absolute Gasteiger partial charge is 0.394 e. The first kappa shape index (κ1) is 12.3. The number of hydrogen-bond acceptors (Lipinski definition) is 4. The standard InChI is InChI=1S/C8H17NO4/c1-6(13-3)8(11)9-7(4-10)5-12-2/h6-7,10H,4-5H2,1-3H3,(H,9,11). The number of methoxy groups -OCH3 is 2. The monoisotopic (exact) mass is 191 g/mol. The number of carbonyl (C=O) groups excluding carboxylic acids is 1. The zero-order chi connectivity index (χ0) is 10.3. The van der Waals surface area contributed by atoms with Gasteiger partial charge in [0.2, 0.25) is 5.91 Å². The molecule has 2 unspecified atom stereocenters. The topological polar surface area (TPSA) is 67.8 Å². The van der Waals surface area contributed by atoms with Gasteiger partial charge in [-0.15, -0.1) is 0 Å². The van der Waals surface area contributed by atoms with Crippen LogP contribution < -0.4 is 5.32 Å². The summed E-state index contributed by atoms with van der Waals surface area (Å²) < 4.78 is 9.59. The molecule has 78 valence electrons. The highest BCUT2D eigenvalue weighted by atomic mass is 16.5. The molecular formula is C8H17NO4. The fourth-order valence-corrected chi connectivity index (χ4v) is 0.767. The maximum absolute atomic E-state index is 11.2. The van der Waals surface area contributed by atoms with Crippen molar-refractivity contribution < 1.29 is 19.4 Å². The maximum Gasteiger partial charge on any atom is 0.249 e. The van der Waals surface area contributed by atoms with E-state index in [4.69, 9.17) is 14.6 Å². The highest BCUT2D eigenvalue weighted by molar-refractivity contribution is 5.80.